The van der Waals surface area contributed by atoms with E-state index >= 15 is 0 Å². The standard InChI is InChI=1S/C19H14N2O3S/c1-11-7-13(22)8-16-17(11)18(21-23)14(9-24-16)15-10-25-19(20-15)12-5-3-2-4-6-12/h2-10,22-23H,1H3. The number of aromatic nitrogens is 1. The Morgan fingerprint density at radius 3 is 2.72 bits per heavy atom. The number of phenolic OH excluding ortho intramolecular Hbond substituents is 1. The Morgan fingerprint density at radius 1 is 1.16 bits per heavy atom. The van der Waals surface area contributed by atoms with Gasteiger partial charge in [-0.1, -0.05) is 35.5 Å². The topological polar surface area (TPSA) is 78.9 Å². The molecule has 4 aromatic rings. The van der Waals surface area contributed by atoms with Gasteiger partial charge in [-0.3, -0.25) is 0 Å². The molecule has 25 heavy (non-hydrogen) atoms. The maximum Gasteiger partial charge on any atom is 0.140 e. The van der Waals surface area contributed by atoms with E-state index < -0.39 is 0 Å². The first-order chi connectivity index (χ1) is 12.2. The van der Waals surface area contributed by atoms with E-state index in [1.165, 1.54) is 23.7 Å². The number of benzene rings is 2. The van der Waals surface area contributed by atoms with Crippen molar-refractivity contribution in [2.45, 2.75) is 6.92 Å². The van der Waals surface area contributed by atoms with E-state index in [1.54, 1.807) is 6.07 Å². The first-order valence-electron chi connectivity index (χ1n) is 7.62. The number of rotatable bonds is 2. The lowest BCUT2D eigenvalue weighted by molar-refractivity contribution is 0.302. The number of hydrogen-bond acceptors (Lipinski definition) is 6. The monoisotopic (exact) mass is 350 g/mol. The summed E-state index contributed by atoms with van der Waals surface area (Å²) in [6.07, 6.45) is 1.50. The highest BCUT2D eigenvalue weighted by molar-refractivity contribution is 7.13. The van der Waals surface area contributed by atoms with Crippen LogP contribution < -0.4 is 5.36 Å². The van der Waals surface area contributed by atoms with Crippen LogP contribution in [0, 0.1) is 6.92 Å². The van der Waals surface area contributed by atoms with Gasteiger partial charge in [0.2, 0.25) is 0 Å². The molecule has 6 heteroatoms. The molecule has 4 rings (SSSR count). The number of fused-ring (bicyclic) bond motifs is 1. The van der Waals surface area contributed by atoms with Gasteiger partial charge in [-0.2, -0.15) is 0 Å². The Balaban J connectivity index is 1.92. The summed E-state index contributed by atoms with van der Waals surface area (Å²) in [5.74, 6) is 0.102. The fraction of sp³-hybridized carbons (Fsp3) is 0.0526. The molecule has 0 saturated heterocycles. The SMILES string of the molecule is Cc1cc(O)cc2occ(-c3csc(-c4ccccc4)n3)c(=NO)c12. The summed E-state index contributed by atoms with van der Waals surface area (Å²) >= 11 is 1.51. The van der Waals surface area contributed by atoms with Crippen molar-refractivity contribution in [1.82, 2.24) is 4.98 Å². The lowest BCUT2D eigenvalue weighted by Gasteiger charge is -2.05. The lowest BCUT2D eigenvalue weighted by atomic mass is 10.1. The zero-order valence-electron chi connectivity index (χ0n) is 13.3. The molecule has 2 heterocycles. The van der Waals surface area contributed by atoms with Crippen molar-refractivity contribution in [3.05, 3.63) is 65.0 Å². The van der Waals surface area contributed by atoms with Crippen molar-refractivity contribution in [3.8, 4) is 27.6 Å². The van der Waals surface area contributed by atoms with Crippen LogP contribution in [0.4, 0.5) is 0 Å². The van der Waals surface area contributed by atoms with Gasteiger partial charge in [0.1, 0.15) is 28.0 Å². The average Bonchev–Trinajstić information content (AvgIpc) is 3.11. The summed E-state index contributed by atoms with van der Waals surface area (Å²) in [4.78, 5) is 4.65. The smallest absolute Gasteiger partial charge is 0.140 e. The van der Waals surface area contributed by atoms with Gasteiger partial charge >= 0.3 is 0 Å². The van der Waals surface area contributed by atoms with Crippen molar-refractivity contribution < 1.29 is 14.7 Å². The molecule has 5 nitrogen and oxygen atoms in total. The first-order valence-corrected chi connectivity index (χ1v) is 8.50. The second-order valence-corrected chi connectivity index (χ2v) is 6.50. The summed E-state index contributed by atoms with van der Waals surface area (Å²) in [5.41, 5.74) is 3.51. The second-order valence-electron chi connectivity index (χ2n) is 5.64. The van der Waals surface area contributed by atoms with Gasteiger partial charge in [0.25, 0.3) is 0 Å². The van der Waals surface area contributed by atoms with Crippen LogP contribution in [-0.4, -0.2) is 15.3 Å². The van der Waals surface area contributed by atoms with Gasteiger partial charge in [0, 0.05) is 17.0 Å². The van der Waals surface area contributed by atoms with Crippen molar-refractivity contribution in [2.24, 2.45) is 5.16 Å². The third-order valence-corrected chi connectivity index (χ3v) is 4.87. The van der Waals surface area contributed by atoms with Crippen LogP contribution in [0.2, 0.25) is 0 Å². The van der Waals surface area contributed by atoms with Gasteiger partial charge in [-0.25, -0.2) is 4.98 Å². The van der Waals surface area contributed by atoms with E-state index in [0.717, 1.165) is 16.1 Å². The highest BCUT2D eigenvalue weighted by Crippen LogP contribution is 2.29. The Kier molecular flexibility index (Phi) is 3.74. The molecule has 0 spiro atoms. The first kappa shape index (κ1) is 15.4. The van der Waals surface area contributed by atoms with Crippen LogP contribution in [0.15, 0.2) is 63.7 Å². The molecule has 0 bridgehead atoms. The minimum absolute atomic E-state index is 0.102. The molecule has 124 valence electrons. The predicted molar refractivity (Wildman–Crippen MR) is 96.5 cm³/mol. The molecule has 0 atom stereocenters. The third kappa shape index (κ3) is 2.66. The number of hydrogen-bond donors (Lipinski definition) is 2. The van der Waals surface area contributed by atoms with E-state index in [1.807, 2.05) is 42.6 Å². The number of aryl methyl sites for hydroxylation is 1. The molecule has 0 aliphatic heterocycles. The van der Waals surface area contributed by atoms with E-state index in [4.69, 9.17) is 4.42 Å². The van der Waals surface area contributed by atoms with E-state index in [0.29, 0.717) is 27.6 Å². The Hall–Kier alpha value is -3.12. The van der Waals surface area contributed by atoms with Crippen molar-refractivity contribution in [2.75, 3.05) is 0 Å². The lowest BCUT2D eigenvalue weighted by Crippen LogP contribution is -2.09. The molecule has 0 unspecified atom stereocenters. The van der Waals surface area contributed by atoms with Gasteiger partial charge in [-0.15, -0.1) is 11.3 Å². The van der Waals surface area contributed by atoms with Crippen LogP contribution in [0.5, 0.6) is 5.75 Å². The van der Waals surface area contributed by atoms with Crippen LogP contribution >= 0.6 is 11.3 Å². The highest BCUT2D eigenvalue weighted by atomic mass is 32.1. The second kappa shape index (κ2) is 6.07. The Morgan fingerprint density at radius 2 is 1.96 bits per heavy atom. The summed E-state index contributed by atoms with van der Waals surface area (Å²) in [7, 11) is 0. The average molecular weight is 350 g/mol. The van der Waals surface area contributed by atoms with Crippen molar-refractivity contribution >= 4 is 22.3 Å². The largest absolute Gasteiger partial charge is 0.508 e. The fourth-order valence-corrected chi connectivity index (χ4v) is 3.67. The predicted octanol–water partition coefficient (Wildman–Crippen LogP) is 4.53. The normalized spacial score (nSPS) is 12.0. The molecule has 0 radical (unpaired) electrons. The minimum atomic E-state index is 0.102. The van der Waals surface area contributed by atoms with Crippen LogP contribution in [-0.2, 0) is 0 Å². The number of phenols is 1. The molecule has 0 saturated carbocycles. The van der Waals surface area contributed by atoms with Gasteiger partial charge < -0.3 is 14.7 Å². The summed E-state index contributed by atoms with van der Waals surface area (Å²) in [6.45, 7) is 1.83. The van der Waals surface area contributed by atoms with Crippen molar-refractivity contribution in [3.63, 3.8) is 0 Å². The maximum atomic E-state index is 9.73. The van der Waals surface area contributed by atoms with Gasteiger partial charge in [0.05, 0.1) is 16.6 Å². The Bertz CT molecular complexity index is 1130. The zero-order chi connectivity index (χ0) is 17.4. The molecule has 0 amide bonds. The highest BCUT2D eigenvalue weighted by Gasteiger charge is 2.14. The quantitative estimate of drug-likeness (QED) is 0.411. The Labute approximate surface area is 147 Å². The molecular formula is C19H14N2O3S. The zero-order valence-corrected chi connectivity index (χ0v) is 14.1. The summed E-state index contributed by atoms with van der Waals surface area (Å²) in [5, 5.41) is 26.6. The molecule has 0 aliphatic carbocycles. The number of nitrogens with zero attached hydrogens (tertiary/aromatic N) is 2. The van der Waals surface area contributed by atoms with E-state index in [9.17, 15) is 10.3 Å². The number of aromatic hydroxyl groups is 1. The third-order valence-electron chi connectivity index (χ3n) is 3.98. The van der Waals surface area contributed by atoms with E-state index in [2.05, 4.69) is 10.1 Å². The molecular weight excluding hydrogens is 336 g/mol. The van der Waals surface area contributed by atoms with Crippen LogP contribution in [0.25, 0.3) is 32.8 Å². The number of thiazole rings is 1. The molecule has 2 aromatic heterocycles. The van der Waals surface area contributed by atoms with Crippen molar-refractivity contribution in [1.29, 1.82) is 0 Å². The van der Waals surface area contributed by atoms with Gasteiger partial charge in [0.15, 0.2) is 0 Å². The molecule has 2 aromatic carbocycles. The van der Waals surface area contributed by atoms with E-state index in [-0.39, 0.29) is 5.75 Å². The minimum Gasteiger partial charge on any atom is -0.508 e. The van der Waals surface area contributed by atoms with Crippen LogP contribution in [0.1, 0.15) is 5.56 Å². The molecule has 0 aliphatic rings. The fourth-order valence-electron chi connectivity index (χ4n) is 2.84. The van der Waals surface area contributed by atoms with Gasteiger partial charge in [-0.05, 0) is 18.6 Å². The summed E-state index contributed by atoms with van der Waals surface area (Å²) in [6, 6.07) is 13.0. The maximum absolute atomic E-state index is 9.73. The summed E-state index contributed by atoms with van der Waals surface area (Å²) < 4.78 is 5.65. The molecule has 0 fully saturated rings. The van der Waals surface area contributed by atoms with Crippen LogP contribution in [0.3, 0.4) is 0 Å². The molecule has 2 N–H and O–H groups in total.